The van der Waals surface area contributed by atoms with Crippen molar-refractivity contribution in [3.05, 3.63) is 47.3 Å². The minimum atomic E-state index is -4.74. The van der Waals surface area contributed by atoms with Crippen LogP contribution in [-0.4, -0.2) is 78.9 Å². The molecular formula is C22H27F3N4O4. The van der Waals surface area contributed by atoms with Gasteiger partial charge in [0.05, 0.1) is 31.2 Å². The Morgan fingerprint density at radius 3 is 2.52 bits per heavy atom. The standard InChI is InChI=1S/C22H27F3N4O4/c1-31-14-18-11-20(27-26-18)17-10-16(15-2-4-19(5-3-15)33-22(23,24)25)12-29(13-17)21(30)28-6-8-32-9-7-28/h2-5,11,16-17H,6-10,12-14H2,1H3,(H,26,27). The van der Waals surface area contributed by atoms with Crippen LogP contribution >= 0.6 is 0 Å². The molecule has 0 radical (unpaired) electrons. The van der Waals surface area contributed by atoms with E-state index < -0.39 is 6.36 Å². The van der Waals surface area contributed by atoms with E-state index >= 15 is 0 Å². The van der Waals surface area contributed by atoms with E-state index in [1.54, 1.807) is 24.1 Å². The molecule has 2 fully saturated rings. The number of H-pyrrole nitrogens is 1. The minimum absolute atomic E-state index is 0.0262. The van der Waals surface area contributed by atoms with Gasteiger partial charge in [0.1, 0.15) is 5.75 Å². The van der Waals surface area contributed by atoms with Crippen molar-refractivity contribution in [1.82, 2.24) is 20.0 Å². The van der Waals surface area contributed by atoms with Crippen molar-refractivity contribution in [2.75, 3.05) is 46.5 Å². The number of methoxy groups -OCH3 is 1. The summed E-state index contributed by atoms with van der Waals surface area (Å²) in [6.07, 6.45) is -4.03. The molecular weight excluding hydrogens is 441 g/mol. The molecule has 1 N–H and O–H groups in total. The lowest BCUT2D eigenvalue weighted by Gasteiger charge is -2.40. The number of hydrogen-bond donors (Lipinski definition) is 1. The lowest BCUT2D eigenvalue weighted by molar-refractivity contribution is -0.274. The van der Waals surface area contributed by atoms with Gasteiger partial charge in [-0.05, 0) is 30.2 Å². The number of benzene rings is 1. The molecule has 4 rings (SSSR count). The van der Waals surface area contributed by atoms with E-state index in [-0.39, 0.29) is 23.6 Å². The predicted molar refractivity (Wildman–Crippen MR) is 112 cm³/mol. The monoisotopic (exact) mass is 468 g/mol. The van der Waals surface area contributed by atoms with Crippen LogP contribution in [0, 0.1) is 0 Å². The molecule has 0 aliphatic carbocycles. The maximum absolute atomic E-state index is 13.2. The lowest BCUT2D eigenvalue weighted by atomic mass is 9.83. The summed E-state index contributed by atoms with van der Waals surface area (Å²) < 4.78 is 52.0. The molecule has 0 spiro atoms. The Labute approximate surface area is 189 Å². The van der Waals surface area contributed by atoms with E-state index in [4.69, 9.17) is 9.47 Å². The van der Waals surface area contributed by atoms with Crippen LogP contribution in [0.25, 0.3) is 0 Å². The fourth-order valence-electron chi connectivity index (χ4n) is 4.43. The summed E-state index contributed by atoms with van der Waals surface area (Å²) in [5.41, 5.74) is 2.53. The molecule has 2 atom stereocenters. The summed E-state index contributed by atoms with van der Waals surface area (Å²) in [5.74, 6) is -0.352. The highest BCUT2D eigenvalue weighted by Gasteiger charge is 2.35. The van der Waals surface area contributed by atoms with Gasteiger partial charge in [0.15, 0.2) is 0 Å². The Hall–Kier alpha value is -2.79. The van der Waals surface area contributed by atoms with Gasteiger partial charge in [-0.15, -0.1) is 13.2 Å². The van der Waals surface area contributed by atoms with Gasteiger partial charge in [-0.3, -0.25) is 5.10 Å². The molecule has 2 unspecified atom stereocenters. The molecule has 33 heavy (non-hydrogen) atoms. The third kappa shape index (κ3) is 5.97. The zero-order chi connectivity index (χ0) is 23.4. The van der Waals surface area contributed by atoms with Gasteiger partial charge < -0.3 is 24.0 Å². The first-order valence-electron chi connectivity index (χ1n) is 10.8. The molecule has 8 nitrogen and oxygen atoms in total. The molecule has 2 aromatic rings. The zero-order valence-corrected chi connectivity index (χ0v) is 18.3. The van der Waals surface area contributed by atoms with Gasteiger partial charge in [-0.25, -0.2) is 4.79 Å². The van der Waals surface area contributed by atoms with Crippen molar-refractivity contribution in [3.63, 3.8) is 0 Å². The normalized spacial score (nSPS) is 21.8. The van der Waals surface area contributed by atoms with Gasteiger partial charge in [0.25, 0.3) is 0 Å². The first kappa shape index (κ1) is 23.4. The number of carbonyl (C=O) groups excluding carboxylic acids is 1. The quantitative estimate of drug-likeness (QED) is 0.727. The maximum Gasteiger partial charge on any atom is 0.573 e. The Morgan fingerprint density at radius 1 is 1.15 bits per heavy atom. The number of nitrogens with zero attached hydrogens (tertiary/aromatic N) is 3. The van der Waals surface area contributed by atoms with Gasteiger partial charge in [0.2, 0.25) is 0 Å². The highest BCUT2D eigenvalue weighted by atomic mass is 19.4. The van der Waals surface area contributed by atoms with Crippen LogP contribution in [0.2, 0.25) is 0 Å². The number of ether oxygens (including phenoxy) is 3. The number of carbonyl (C=O) groups is 1. The van der Waals surface area contributed by atoms with Crippen molar-refractivity contribution >= 4 is 6.03 Å². The lowest BCUT2D eigenvalue weighted by Crippen LogP contribution is -2.52. The minimum Gasteiger partial charge on any atom is -0.406 e. The molecule has 2 aliphatic rings. The molecule has 180 valence electrons. The maximum atomic E-state index is 13.2. The number of alkyl halides is 3. The second kappa shape index (κ2) is 10.0. The number of hydrogen-bond acceptors (Lipinski definition) is 5. The van der Waals surface area contributed by atoms with E-state index in [9.17, 15) is 18.0 Å². The van der Waals surface area contributed by atoms with Crippen LogP contribution in [0.4, 0.5) is 18.0 Å². The van der Waals surface area contributed by atoms with E-state index in [2.05, 4.69) is 14.9 Å². The summed E-state index contributed by atoms with van der Waals surface area (Å²) in [6, 6.07) is 7.77. The van der Waals surface area contributed by atoms with E-state index in [0.29, 0.717) is 52.4 Å². The summed E-state index contributed by atoms with van der Waals surface area (Å²) in [4.78, 5) is 16.8. The fraction of sp³-hybridized carbons (Fsp3) is 0.545. The average Bonchev–Trinajstić information content (AvgIpc) is 3.27. The smallest absolute Gasteiger partial charge is 0.406 e. The van der Waals surface area contributed by atoms with Crippen LogP contribution in [0.15, 0.2) is 30.3 Å². The Balaban J connectivity index is 1.55. The summed E-state index contributed by atoms with van der Waals surface area (Å²) in [5, 5.41) is 7.39. The van der Waals surface area contributed by atoms with E-state index in [1.807, 2.05) is 11.0 Å². The van der Waals surface area contributed by atoms with Crippen molar-refractivity contribution in [3.8, 4) is 5.75 Å². The third-order valence-electron chi connectivity index (χ3n) is 5.96. The number of aromatic amines is 1. The fourth-order valence-corrected chi connectivity index (χ4v) is 4.43. The second-order valence-corrected chi connectivity index (χ2v) is 8.28. The number of amides is 2. The number of aromatic nitrogens is 2. The predicted octanol–water partition coefficient (Wildman–Crippen LogP) is 3.48. The van der Waals surface area contributed by atoms with Crippen LogP contribution < -0.4 is 4.74 Å². The largest absolute Gasteiger partial charge is 0.573 e. The number of halogens is 3. The second-order valence-electron chi connectivity index (χ2n) is 8.28. The zero-order valence-electron chi connectivity index (χ0n) is 18.3. The first-order valence-corrected chi connectivity index (χ1v) is 10.8. The number of rotatable bonds is 5. The Morgan fingerprint density at radius 2 is 1.85 bits per heavy atom. The highest BCUT2D eigenvalue weighted by Crippen LogP contribution is 2.37. The van der Waals surface area contributed by atoms with Gasteiger partial charge in [-0.1, -0.05) is 12.1 Å². The summed E-state index contributed by atoms with van der Waals surface area (Å²) in [7, 11) is 1.60. The Bertz CT molecular complexity index is 928. The first-order chi connectivity index (χ1) is 15.8. The van der Waals surface area contributed by atoms with E-state index in [0.717, 1.165) is 17.0 Å². The SMILES string of the molecule is COCc1cc(C2CC(c3ccc(OC(F)(F)F)cc3)CN(C(=O)N3CCOCC3)C2)n[nH]1. The van der Waals surface area contributed by atoms with Gasteiger partial charge >= 0.3 is 12.4 Å². The number of morpholine rings is 1. The summed E-state index contributed by atoms with van der Waals surface area (Å²) in [6.45, 7) is 3.48. The topological polar surface area (TPSA) is 79.9 Å². The van der Waals surface area contributed by atoms with Crippen molar-refractivity contribution < 1.29 is 32.2 Å². The average molecular weight is 468 g/mol. The highest BCUT2D eigenvalue weighted by molar-refractivity contribution is 5.75. The molecule has 0 saturated carbocycles. The molecule has 2 amide bonds. The number of piperidine rings is 1. The van der Waals surface area contributed by atoms with Crippen LogP contribution in [0.1, 0.15) is 35.2 Å². The molecule has 0 bridgehead atoms. The molecule has 2 aliphatic heterocycles. The van der Waals surface area contributed by atoms with Crippen molar-refractivity contribution in [2.45, 2.75) is 31.2 Å². The molecule has 1 aromatic carbocycles. The van der Waals surface area contributed by atoms with Crippen LogP contribution in [-0.2, 0) is 16.1 Å². The van der Waals surface area contributed by atoms with Crippen molar-refractivity contribution in [2.24, 2.45) is 0 Å². The number of nitrogens with one attached hydrogen (secondary N) is 1. The van der Waals surface area contributed by atoms with Crippen LogP contribution in [0.3, 0.4) is 0 Å². The van der Waals surface area contributed by atoms with Gasteiger partial charge in [0, 0.05) is 45.1 Å². The third-order valence-corrected chi connectivity index (χ3v) is 5.96. The molecule has 3 heterocycles. The number of urea groups is 1. The van der Waals surface area contributed by atoms with Crippen LogP contribution in [0.5, 0.6) is 5.75 Å². The van der Waals surface area contributed by atoms with Gasteiger partial charge in [-0.2, -0.15) is 5.10 Å². The molecule has 2 saturated heterocycles. The number of likely N-dealkylation sites (tertiary alicyclic amines) is 1. The molecule has 1 aromatic heterocycles. The molecule has 11 heteroatoms. The summed E-state index contributed by atoms with van der Waals surface area (Å²) >= 11 is 0. The van der Waals surface area contributed by atoms with E-state index in [1.165, 1.54) is 12.1 Å². The Kier molecular flexibility index (Phi) is 7.08. The van der Waals surface area contributed by atoms with Crippen molar-refractivity contribution in [1.29, 1.82) is 0 Å².